The van der Waals surface area contributed by atoms with Gasteiger partial charge in [-0.1, -0.05) is 6.92 Å². The molecule has 0 saturated heterocycles. The van der Waals surface area contributed by atoms with Crippen molar-refractivity contribution in [3.63, 3.8) is 0 Å². The van der Waals surface area contributed by atoms with E-state index in [9.17, 15) is 4.79 Å². The summed E-state index contributed by atoms with van der Waals surface area (Å²) in [4.78, 5) is 15.6. The number of fused-ring (bicyclic) bond motifs is 1. The van der Waals surface area contributed by atoms with E-state index in [4.69, 9.17) is 0 Å². The minimum atomic E-state index is -0.0225. The van der Waals surface area contributed by atoms with Crippen molar-refractivity contribution in [1.82, 2.24) is 10.3 Å². The van der Waals surface area contributed by atoms with Crippen LogP contribution in [0.2, 0.25) is 0 Å². The van der Waals surface area contributed by atoms with Crippen molar-refractivity contribution in [2.75, 3.05) is 18.4 Å². The van der Waals surface area contributed by atoms with E-state index in [1.54, 1.807) is 16.8 Å². The van der Waals surface area contributed by atoms with Crippen molar-refractivity contribution in [1.29, 1.82) is 0 Å². The van der Waals surface area contributed by atoms with Crippen LogP contribution < -0.4 is 10.6 Å². The number of carbonyl (C=O) groups is 1. The SMILES string of the molecule is CCNCC(=O)Nc1ccc2ncsc2c1. The number of rotatable bonds is 4. The van der Waals surface area contributed by atoms with E-state index in [0.717, 1.165) is 22.4 Å². The third-order valence-corrected chi connectivity index (χ3v) is 2.94. The van der Waals surface area contributed by atoms with E-state index < -0.39 is 0 Å². The molecule has 1 amide bonds. The molecule has 0 unspecified atom stereocenters. The van der Waals surface area contributed by atoms with Crippen LogP contribution in [0.5, 0.6) is 0 Å². The summed E-state index contributed by atoms with van der Waals surface area (Å²) < 4.78 is 1.08. The highest BCUT2D eigenvalue weighted by Crippen LogP contribution is 2.21. The first-order valence-electron chi connectivity index (χ1n) is 5.13. The Kier molecular flexibility index (Phi) is 3.48. The number of hydrogen-bond acceptors (Lipinski definition) is 4. The first kappa shape index (κ1) is 11.0. The van der Waals surface area contributed by atoms with Crippen molar-refractivity contribution >= 4 is 33.1 Å². The Morgan fingerprint density at radius 3 is 3.19 bits per heavy atom. The van der Waals surface area contributed by atoms with Gasteiger partial charge in [0.15, 0.2) is 0 Å². The van der Waals surface area contributed by atoms with Gasteiger partial charge in [-0.2, -0.15) is 0 Å². The fourth-order valence-electron chi connectivity index (χ4n) is 1.38. The van der Waals surface area contributed by atoms with Crippen LogP contribution in [0.4, 0.5) is 5.69 Å². The molecule has 4 nitrogen and oxygen atoms in total. The number of benzene rings is 1. The molecule has 16 heavy (non-hydrogen) atoms. The molecule has 5 heteroatoms. The molecule has 1 heterocycles. The van der Waals surface area contributed by atoms with Crippen LogP contribution in [-0.4, -0.2) is 24.0 Å². The number of hydrogen-bond donors (Lipinski definition) is 2. The maximum atomic E-state index is 11.5. The second-order valence-electron chi connectivity index (χ2n) is 3.36. The molecular formula is C11H13N3OS. The summed E-state index contributed by atoms with van der Waals surface area (Å²) in [5.74, 6) is -0.0225. The first-order chi connectivity index (χ1) is 7.79. The van der Waals surface area contributed by atoms with E-state index in [0.29, 0.717) is 6.54 Å². The summed E-state index contributed by atoms with van der Waals surface area (Å²) in [5.41, 5.74) is 3.59. The Morgan fingerprint density at radius 1 is 1.50 bits per heavy atom. The number of anilines is 1. The van der Waals surface area contributed by atoms with Gasteiger partial charge in [-0.15, -0.1) is 11.3 Å². The molecule has 0 aliphatic rings. The highest BCUT2D eigenvalue weighted by Gasteiger charge is 2.02. The van der Waals surface area contributed by atoms with Crippen molar-refractivity contribution in [3.8, 4) is 0 Å². The Balaban J connectivity index is 2.06. The van der Waals surface area contributed by atoms with Gasteiger partial charge in [-0.3, -0.25) is 4.79 Å². The molecule has 2 rings (SSSR count). The highest BCUT2D eigenvalue weighted by atomic mass is 32.1. The molecule has 1 aromatic carbocycles. The molecule has 1 aromatic heterocycles. The van der Waals surface area contributed by atoms with Crippen LogP contribution in [0.3, 0.4) is 0 Å². The molecule has 2 N–H and O–H groups in total. The Bertz CT molecular complexity index is 495. The van der Waals surface area contributed by atoms with Gasteiger partial charge < -0.3 is 10.6 Å². The third-order valence-electron chi connectivity index (χ3n) is 2.15. The van der Waals surface area contributed by atoms with Gasteiger partial charge in [0.05, 0.1) is 22.3 Å². The van der Waals surface area contributed by atoms with Gasteiger partial charge in [0, 0.05) is 5.69 Å². The number of amides is 1. The van der Waals surface area contributed by atoms with Gasteiger partial charge in [0.25, 0.3) is 0 Å². The highest BCUT2D eigenvalue weighted by molar-refractivity contribution is 7.16. The van der Waals surface area contributed by atoms with Gasteiger partial charge in [-0.25, -0.2) is 4.98 Å². The second-order valence-corrected chi connectivity index (χ2v) is 4.25. The molecule has 84 valence electrons. The third kappa shape index (κ3) is 2.56. The lowest BCUT2D eigenvalue weighted by Crippen LogP contribution is -2.27. The Morgan fingerprint density at radius 2 is 2.38 bits per heavy atom. The zero-order valence-corrected chi connectivity index (χ0v) is 9.80. The number of likely N-dealkylation sites (N-methyl/N-ethyl adjacent to an activating group) is 1. The molecule has 0 aliphatic heterocycles. The molecule has 0 aliphatic carbocycles. The molecule has 0 atom stereocenters. The molecule has 2 aromatic rings. The lowest BCUT2D eigenvalue weighted by molar-refractivity contribution is -0.115. The molecule has 0 radical (unpaired) electrons. The van der Waals surface area contributed by atoms with Crippen LogP contribution >= 0.6 is 11.3 Å². The molecular weight excluding hydrogens is 222 g/mol. The predicted molar refractivity (Wildman–Crippen MR) is 66.8 cm³/mol. The van der Waals surface area contributed by atoms with Crippen LogP contribution in [-0.2, 0) is 4.79 Å². The van der Waals surface area contributed by atoms with Crippen molar-refractivity contribution < 1.29 is 4.79 Å². The largest absolute Gasteiger partial charge is 0.325 e. The van der Waals surface area contributed by atoms with E-state index in [1.165, 1.54) is 0 Å². The summed E-state index contributed by atoms with van der Waals surface area (Å²) in [6, 6.07) is 5.72. The number of thiazole rings is 1. The van der Waals surface area contributed by atoms with E-state index in [-0.39, 0.29) is 5.91 Å². The monoisotopic (exact) mass is 235 g/mol. The number of carbonyl (C=O) groups excluding carboxylic acids is 1. The summed E-state index contributed by atoms with van der Waals surface area (Å²) in [6.45, 7) is 3.11. The quantitative estimate of drug-likeness (QED) is 0.850. The summed E-state index contributed by atoms with van der Waals surface area (Å²) in [6.07, 6.45) is 0. The van der Waals surface area contributed by atoms with E-state index in [1.807, 2.05) is 25.1 Å². The van der Waals surface area contributed by atoms with Gasteiger partial charge >= 0.3 is 0 Å². The van der Waals surface area contributed by atoms with Crippen LogP contribution in [0.1, 0.15) is 6.92 Å². The summed E-state index contributed by atoms with van der Waals surface area (Å²) in [5, 5.41) is 5.81. The second kappa shape index (κ2) is 5.05. The average Bonchev–Trinajstić information content (AvgIpc) is 2.73. The zero-order valence-electron chi connectivity index (χ0n) is 8.99. The standard InChI is InChI=1S/C11H13N3OS/c1-2-12-6-11(15)14-8-3-4-9-10(5-8)16-7-13-9/h3-5,7,12H,2,6H2,1H3,(H,14,15). The fourth-order valence-corrected chi connectivity index (χ4v) is 2.09. The van der Waals surface area contributed by atoms with Crippen LogP contribution in [0.25, 0.3) is 10.2 Å². The van der Waals surface area contributed by atoms with Crippen molar-refractivity contribution in [2.24, 2.45) is 0 Å². The normalized spacial score (nSPS) is 10.6. The topological polar surface area (TPSA) is 54.0 Å². The van der Waals surface area contributed by atoms with Gasteiger partial charge in [0.2, 0.25) is 5.91 Å². The minimum absolute atomic E-state index is 0.0225. The van der Waals surface area contributed by atoms with E-state index in [2.05, 4.69) is 15.6 Å². The molecule has 0 fully saturated rings. The lowest BCUT2D eigenvalue weighted by atomic mass is 10.3. The molecule has 0 saturated carbocycles. The van der Waals surface area contributed by atoms with Crippen molar-refractivity contribution in [3.05, 3.63) is 23.7 Å². The van der Waals surface area contributed by atoms with Crippen molar-refractivity contribution in [2.45, 2.75) is 6.92 Å². The Hall–Kier alpha value is -1.46. The first-order valence-corrected chi connectivity index (χ1v) is 6.01. The maximum Gasteiger partial charge on any atom is 0.238 e. The van der Waals surface area contributed by atoms with Crippen LogP contribution in [0, 0.1) is 0 Å². The Labute approximate surface area is 97.7 Å². The molecule has 0 bridgehead atoms. The fraction of sp³-hybridized carbons (Fsp3) is 0.273. The zero-order chi connectivity index (χ0) is 11.4. The lowest BCUT2D eigenvalue weighted by Gasteiger charge is -2.05. The predicted octanol–water partition coefficient (Wildman–Crippen LogP) is 1.84. The maximum absolute atomic E-state index is 11.5. The number of aromatic nitrogens is 1. The van der Waals surface area contributed by atoms with Gasteiger partial charge in [-0.05, 0) is 24.7 Å². The number of nitrogens with zero attached hydrogens (tertiary/aromatic N) is 1. The number of nitrogens with one attached hydrogen (secondary N) is 2. The minimum Gasteiger partial charge on any atom is -0.325 e. The van der Waals surface area contributed by atoms with Gasteiger partial charge in [0.1, 0.15) is 0 Å². The average molecular weight is 235 g/mol. The molecule has 0 spiro atoms. The van der Waals surface area contributed by atoms with E-state index >= 15 is 0 Å². The smallest absolute Gasteiger partial charge is 0.238 e. The summed E-state index contributed by atoms with van der Waals surface area (Å²) >= 11 is 1.57. The van der Waals surface area contributed by atoms with Crippen LogP contribution in [0.15, 0.2) is 23.7 Å². The summed E-state index contributed by atoms with van der Waals surface area (Å²) in [7, 11) is 0.